The lowest BCUT2D eigenvalue weighted by Crippen LogP contribution is -2.19. The minimum Gasteiger partial charge on any atom is -0.308 e. The molecule has 0 saturated carbocycles. The molecule has 0 saturated heterocycles. The molecule has 1 aromatic rings. The molecule has 0 radical (unpaired) electrons. The van der Waals surface area contributed by atoms with Crippen LogP contribution in [0.3, 0.4) is 0 Å². The molecule has 0 spiro atoms. The van der Waals surface area contributed by atoms with E-state index in [0.717, 1.165) is 21.8 Å². The number of aromatic nitrogens is 2. The zero-order chi connectivity index (χ0) is 9.14. The third-order valence-electron chi connectivity index (χ3n) is 1.49. The van der Waals surface area contributed by atoms with E-state index in [0.29, 0.717) is 0 Å². The molecular weight excluding hydrogens is 288 g/mol. The average molecular weight is 300 g/mol. The van der Waals surface area contributed by atoms with Crippen molar-refractivity contribution in [3.63, 3.8) is 0 Å². The normalized spacial score (nSPS) is 11.1. The molecule has 68 valence electrons. The van der Waals surface area contributed by atoms with Crippen molar-refractivity contribution in [3.8, 4) is 0 Å². The van der Waals surface area contributed by atoms with Crippen molar-refractivity contribution >= 4 is 34.2 Å². The van der Waals surface area contributed by atoms with Crippen molar-refractivity contribution < 1.29 is 0 Å². The summed E-state index contributed by atoms with van der Waals surface area (Å²) >= 11 is 8.04. The summed E-state index contributed by atoms with van der Waals surface area (Å²) in [7, 11) is 4.08. The van der Waals surface area contributed by atoms with Crippen molar-refractivity contribution in [2.45, 2.75) is 6.54 Å². The van der Waals surface area contributed by atoms with E-state index in [1.54, 1.807) is 6.20 Å². The zero-order valence-corrected chi connectivity index (χ0v) is 10.0. The van der Waals surface area contributed by atoms with E-state index in [2.05, 4.69) is 32.6 Å². The van der Waals surface area contributed by atoms with E-state index in [-0.39, 0.29) is 0 Å². The highest BCUT2D eigenvalue weighted by Crippen LogP contribution is 2.16. The largest absolute Gasteiger partial charge is 0.308 e. The fraction of sp³-hybridized carbons (Fsp3) is 0.571. The molecule has 12 heavy (non-hydrogen) atoms. The van der Waals surface area contributed by atoms with Crippen LogP contribution in [-0.2, 0) is 6.54 Å². The number of likely N-dealkylation sites (N-methyl/N-ethyl adjacent to an activating group) is 1. The molecule has 0 aliphatic heterocycles. The summed E-state index contributed by atoms with van der Waals surface area (Å²) < 4.78 is 2.92. The molecule has 0 amide bonds. The van der Waals surface area contributed by atoms with Crippen LogP contribution < -0.4 is 0 Å². The van der Waals surface area contributed by atoms with Gasteiger partial charge in [-0.15, -0.1) is 0 Å². The van der Waals surface area contributed by atoms with Crippen LogP contribution >= 0.6 is 34.2 Å². The quantitative estimate of drug-likeness (QED) is 0.792. The van der Waals surface area contributed by atoms with Gasteiger partial charge in [-0.3, -0.25) is 4.68 Å². The standard InChI is InChI=1S/C7H11ClIN3/c1-11(2)3-4-12-7(9)6(8)5-10-12/h5H,3-4H2,1-2H3. The van der Waals surface area contributed by atoms with E-state index in [9.17, 15) is 0 Å². The number of hydrogen-bond acceptors (Lipinski definition) is 2. The van der Waals surface area contributed by atoms with Gasteiger partial charge in [0.25, 0.3) is 0 Å². The minimum atomic E-state index is 0.731. The summed E-state index contributed by atoms with van der Waals surface area (Å²) in [5.41, 5.74) is 0. The molecule has 0 atom stereocenters. The van der Waals surface area contributed by atoms with Gasteiger partial charge in [0.05, 0.1) is 17.8 Å². The van der Waals surface area contributed by atoms with Gasteiger partial charge < -0.3 is 4.90 Å². The van der Waals surface area contributed by atoms with Crippen LogP contribution in [0.1, 0.15) is 0 Å². The highest BCUT2D eigenvalue weighted by Gasteiger charge is 2.04. The number of halogens is 2. The molecule has 0 aliphatic rings. The maximum absolute atomic E-state index is 5.84. The van der Waals surface area contributed by atoms with E-state index in [4.69, 9.17) is 11.6 Å². The molecule has 1 aromatic heterocycles. The summed E-state index contributed by atoms with van der Waals surface area (Å²) in [6.07, 6.45) is 1.68. The van der Waals surface area contributed by atoms with Crippen LogP contribution in [0.15, 0.2) is 6.20 Å². The van der Waals surface area contributed by atoms with Gasteiger partial charge in [0.1, 0.15) is 3.70 Å². The lowest BCUT2D eigenvalue weighted by molar-refractivity contribution is 0.371. The van der Waals surface area contributed by atoms with Crippen LogP contribution in [-0.4, -0.2) is 35.3 Å². The van der Waals surface area contributed by atoms with Crippen molar-refractivity contribution in [1.82, 2.24) is 14.7 Å². The zero-order valence-electron chi connectivity index (χ0n) is 7.09. The first-order valence-corrected chi connectivity index (χ1v) is 5.08. The SMILES string of the molecule is CN(C)CCn1ncc(Cl)c1I. The van der Waals surface area contributed by atoms with Crippen molar-refractivity contribution in [2.75, 3.05) is 20.6 Å². The molecule has 0 bridgehead atoms. The third-order valence-corrected chi connectivity index (χ3v) is 3.23. The highest BCUT2D eigenvalue weighted by molar-refractivity contribution is 14.1. The van der Waals surface area contributed by atoms with Gasteiger partial charge in [-0.25, -0.2) is 0 Å². The monoisotopic (exact) mass is 299 g/mol. The first-order valence-electron chi connectivity index (χ1n) is 3.63. The fourth-order valence-corrected chi connectivity index (χ4v) is 1.44. The number of hydrogen-bond donors (Lipinski definition) is 0. The van der Waals surface area contributed by atoms with Gasteiger partial charge in [-0.1, -0.05) is 11.6 Å². The van der Waals surface area contributed by atoms with Crippen molar-refractivity contribution in [1.29, 1.82) is 0 Å². The van der Waals surface area contributed by atoms with E-state index in [1.165, 1.54) is 0 Å². The first kappa shape index (κ1) is 10.3. The molecule has 5 heteroatoms. The molecule has 0 N–H and O–H groups in total. The second-order valence-corrected chi connectivity index (χ2v) is 4.24. The average Bonchev–Trinajstić information content (AvgIpc) is 2.30. The molecule has 1 heterocycles. The minimum absolute atomic E-state index is 0.731. The number of rotatable bonds is 3. The van der Waals surface area contributed by atoms with Gasteiger partial charge in [0.2, 0.25) is 0 Å². The lowest BCUT2D eigenvalue weighted by atomic mass is 10.6. The second kappa shape index (κ2) is 4.43. The maximum Gasteiger partial charge on any atom is 0.118 e. The number of nitrogens with zero attached hydrogens (tertiary/aromatic N) is 3. The highest BCUT2D eigenvalue weighted by atomic mass is 127. The summed E-state index contributed by atoms with van der Waals surface area (Å²) in [6.45, 7) is 1.87. The second-order valence-electron chi connectivity index (χ2n) is 2.81. The van der Waals surface area contributed by atoms with Crippen molar-refractivity contribution in [2.24, 2.45) is 0 Å². The maximum atomic E-state index is 5.84. The van der Waals surface area contributed by atoms with Crippen LogP contribution in [0.2, 0.25) is 5.02 Å². The van der Waals surface area contributed by atoms with Gasteiger partial charge >= 0.3 is 0 Å². The third kappa shape index (κ3) is 2.60. The van der Waals surface area contributed by atoms with Gasteiger partial charge in [-0.2, -0.15) is 5.10 Å². The molecule has 0 aliphatic carbocycles. The predicted molar refractivity (Wildman–Crippen MR) is 58.5 cm³/mol. The van der Waals surface area contributed by atoms with E-state index < -0.39 is 0 Å². The summed E-state index contributed by atoms with van der Waals surface area (Å²) in [6, 6.07) is 0. The van der Waals surface area contributed by atoms with Crippen LogP contribution in [0.4, 0.5) is 0 Å². The van der Waals surface area contributed by atoms with Crippen LogP contribution in [0.25, 0.3) is 0 Å². The smallest absolute Gasteiger partial charge is 0.118 e. The first-order chi connectivity index (χ1) is 5.61. The van der Waals surface area contributed by atoms with E-state index in [1.807, 2.05) is 18.8 Å². The van der Waals surface area contributed by atoms with Gasteiger partial charge in [0.15, 0.2) is 0 Å². The van der Waals surface area contributed by atoms with Crippen LogP contribution in [0, 0.1) is 3.70 Å². The van der Waals surface area contributed by atoms with E-state index >= 15 is 0 Å². The summed E-state index contributed by atoms with van der Waals surface area (Å²) in [5.74, 6) is 0. The Morgan fingerprint density at radius 1 is 1.67 bits per heavy atom. The Morgan fingerprint density at radius 3 is 2.75 bits per heavy atom. The Morgan fingerprint density at radius 2 is 2.33 bits per heavy atom. The summed E-state index contributed by atoms with van der Waals surface area (Å²) in [4.78, 5) is 2.12. The Hall–Kier alpha value is 0.190. The molecule has 0 aromatic carbocycles. The summed E-state index contributed by atoms with van der Waals surface area (Å²) in [5, 5.41) is 4.87. The lowest BCUT2D eigenvalue weighted by Gasteiger charge is -2.09. The Kier molecular flexibility index (Phi) is 3.79. The van der Waals surface area contributed by atoms with Gasteiger partial charge in [-0.05, 0) is 36.7 Å². The molecular formula is C7H11ClIN3. The molecule has 0 fully saturated rings. The predicted octanol–water partition coefficient (Wildman–Crippen LogP) is 1.70. The Balaban J connectivity index is 2.58. The molecule has 3 nitrogen and oxygen atoms in total. The Labute approximate surface area is 90.8 Å². The molecule has 1 rings (SSSR count). The topological polar surface area (TPSA) is 21.1 Å². The Bertz CT molecular complexity index is 259. The molecule has 0 unspecified atom stereocenters. The fourth-order valence-electron chi connectivity index (χ4n) is 0.798. The van der Waals surface area contributed by atoms with Crippen molar-refractivity contribution in [3.05, 3.63) is 14.9 Å². The van der Waals surface area contributed by atoms with Crippen LogP contribution in [0.5, 0.6) is 0 Å². The van der Waals surface area contributed by atoms with Gasteiger partial charge in [0, 0.05) is 6.54 Å².